The molecule has 0 unspecified atom stereocenters. The summed E-state index contributed by atoms with van der Waals surface area (Å²) in [5, 5.41) is 16.5. The van der Waals surface area contributed by atoms with Crippen molar-refractivity contribution in [1.82, 2.24) is 15.5 Å². The lowest BCUT2D eigenvalue weighted by Gasteiger charge is -2.27. The molecule has 29 heavy (non-hydrogen) atoms. The van der Waals surface area contributed by atoms with Gasteiger partial charge in [0.1, 0.15) is 12.4 Å². The van der Waals surface area contributed by atoms with Crippen LogP contribution in [0.25, 0.3) is 0 Å². The first-order valence-corrected chi connectivity index (χ1v) is 10.8. The molecule has 0 aliphatic heterocycles. The van der Waals surface area contributed by atoms with E-state index in [0.29, 0.717) is 19.2 Å². The lowest BCUT2D eigenvalue weighted by Crippen LogP contribution is -2.45. The smallest absolute Gasteiger partial charge is 0.191 e. The number of rotatable bonds is 10. The number of benzene rings is 1. The summed E-state index contributed by atoms with van der Waals surface area (Å²) in [6, 6.07) is 8.52. The van der Waals surface area contributed by atoms with Gasteiger partial charge in [-0.05, 0) is 51.8 Å². The topological polar surface area (TPSA) is 69.1 Å². The maximum absolute atomic E-state index is 9.69. The molecule has 1 aromatic rings. The molecule has 1 aromatic carbocycles. The van der Waals surface area contributed by atoms with Crippen molar-refractivity contribution in [1.29, 1.82) is 0 Å². The van der Waals surface area contributed by atoms with Crippen molar-refractivity contribution < 1.29 is 9.84 Å². The average molecular weight is 518 g/mol. The van der Waals surface area contributed by atoms with Gasteiger partial charge < -0.3 is 25.4 Å². The predicted molar refractivity (Wildman–Crippen MR) is 131 cm³/mol. The lowest BCUT2D eigenvalue weighted by atomic mass is 9.93. The highest BCUT2D eigenvalue weighted by Gasteiger charge is 2.20. The number of nitrogens with zero attached hydrogens (tertiary/aromatic N) is 2. The number of para-hydroxylation sites is 1. The highest BCUT2D eigenvalue weighted by atomic mass is 127. The molecule has 3 N–H and O–H groups in total. The van der Waals surface area contributed by atoms with Crippen molar-refractivity contribution in [2.24, 2.45) is 4.99 Å². The summed E-state index contributed by atoms with van der Waals surface area (Å²) < 4.78 is 6.05. The Hall–Kier alpha value is -1.06. The number of aliphatic hydroxyl groups excluding tert-OH is 1. The Morgan fingerprint density at radius 1 is 1.14 bits per heavy atom. The van der Waals surface area contributed by atoms with Crippen molar-refractivity contribution in [3.05, 3.63) is 29.8 Å². The van der Waals surface area contributed by atoms with Crippen LogP contribution in [0.5, 0.6) is 5.75 Å². The zero-order valence-electron chi connectivity index (χ0n) is 18.2. The summed E-state index contributed by atoms with van der Waals surface area (Å²) >= 11 is 0. The Kier molecular flexibility index (Phi) is 13.3. The van der Waals surface area contributed by atoms with Crippen molar-refractivity contribution >= 4 is 29.9 Å². The first-order chi connectivity index (χ1) is 13.7. The zero-order valence-corrected chi connectivity index (χ0v) is 20.5. The number of hydrogen-bond donors (Lipinski definition) is 3. The first-order valence-electron chi connectivity index (χ1n) is 10.8. The van der Waals surface area contributed by atoms with Crippen molar-refractivity contribution in [2.45, 2.75) is 65.1 Å². The second-order valence-corrected chi connectivity index (χ2v) is 7.33. The SMILES string of the molecule is CCNC(=NCc1ccccc1OCCN(CC)CC)NC1CCC(O)CC1.I. The van der Waals surface area contributed by atoms with Crippen LogP contribution in [0.2, 0.25) is 0 Å². The summed E-state index contributed by atoms with van der Waals surface area (Å²) in [7, 11) is 0. The van der Waals surface area contributed by atoms with E-state index in [9.17, 15) is 5.11 Å². The van der Waals surface area contributed by atoms with Gasteiger partial charge in [0.05, 0.1) is 12.6 Å². The largest absolute Gasteiger partial charge is 0.492 e. The van der Waals surface area contributed by atoms with Crippen LogP contribution in [0.4, 0.5) is 0 Å². The third-order valence-electron chi connectivity index (χ3n) is 5.32. The van der Waals surface area contributed by atoms with Gasteiger partial charge >= 0.3 is 0 Å². The lowest BCUT2D eigenvalue weighted by molar-refractivity contribution is 0.120. The Morgan fingerprint density at radius 2 is 1.83 bits per heavy atom. The molecule has 0 atom stereocenters. The Morgan fingerprint density at radius 3 is 2.48 bits per heavy atom. The Balaban J connectivity index is 0.00000420. The number of ether oxygens (including phenoxy) is 1. The molecule has 0 bridgehead atoms. The minimum Gasteiger partial charge on any atom is -0.492 e. The maximum atomic E-state index is 9.69. The van der Waals surface area contributed by atoms with Crippen molar-refractivity contribution in [3.63, 3.8) is 0 Å². The van der Waals surface area contributed by atoms with E-state index in [1.165, 1.54) is 0 Å². The standard InChI is InChI=1S/C22H38N4O2.HI/c1-4-23-22(25-19-11-13-20(27)14-12-19)24-17-18-9-7-8-10-21(18)28-16-15-26(5-2)6-3;/h7-10,19-20,27H,4-6,11-17H2,1-3H3,(H2,23,24,25);1H. The minimum absolute atomic E-state index is 0. The summed E-state index contributed by atoms with van der Waals surface area (Å²) in [5.74, 6) is 1.75. The van der Waals surface area contributed by atoms with Gasteiger partial charge in [-0.2, -0.15) is 0 Å². The van der Waals surface area contributed by atoms with Crippen LogP contribution in [-0.4, -0.2) is 60.9 Å². The predicted octanol–water partition coefficient (Wildman–Crippen LogP) is 3.38. The van der Waals surface area contributed by atoms with Crippen LogP contribution in [0.3, 0.4) is 0 Å². The average Bonchev–Trinajstić information content (AvgIpc) is 2.72. The minimum atomic E-state index is -0.141. The molecular formula is C22H39IN4O2. The van der Waals surface area contributed by atoms with Crippen LogP contribution >= 0.6 is 24.0 Å². The van der Waals surface area contributed by atoms with Crippen molar-refractivity contribution in [3.8, 4) is 5.75 Å². The second kappa shape index (κ2) is 14.8. The van der Waals surface area contributed by atoms with E-state index < -0.39 is 0 Å². The van der Waals surface area contributed by atoms with E-state index in [2.05, 4.69) is 42.4 Å². The van der Waals surface area contributed by atoms with Gasteiger partial charge in [-0.25, -0.2) is 4.99 Å². The Labute approximate surface area is 193 Å². The molecule has 0 aromatic heterocycles. The van der Waals surface area contributed by atoms with Crippen LogP contribution in [0.15, 0.2) is 29.3 Å². The van der Waals surface area contributed by atoms with Gasteiger partial charge in [-0.1, -0.05) is 32.0 Å². The summed E-state index contributed by atoms with van der Waals surface area (Å²) in [4.78, 5) is 7.13. The maximum Gasteiger partial charge on any atom is 0.191 e. The molecule has 2 rings (SSSR count). The quantitative estimate of drug-likeness (QED) is 0.252. The number of halogens is 1. The van der Waals surface area contributed by atoms with E-state index in [1.54, 1.807) is 0 Å². The van der Waals surface area contributed by atoms with Gasteiger partial charge in [0.2, 0.25) is 0 Å². The van der Waals surface area contributed by atoms with Gasteiger partial charge in [-0.15, -0.1) is 24.0 Å². The fraction of sp³-hybridized carbons (Fsp3) is 0.682. The van der Waals surface area contributed by atoms with Crippen molar-refractivity contribution in [2.75, 3.05) is 32.8 Å². The van der Waals surface area contributed by atoms with Crippen LogP contribution in [-0.2, 0) is 6.54 Å². The van der Waals surface area contributed by atoms with E-state index in [-0.39, 0.29) is 30.1 Å². The zero-order chi connectivity index (χ0) is 20.2. The van der Waals surface area contributed by atoms with Crippen LogP contribution in [0, 0.1) is 0 Å². The number of guanidine groups is 1. The second-order valence-electron chi connectivity index (χ2n) is 7.33. The van der Waals surface area contributed by atoms with Gasteiger partial charge in [0.25, 0.3) is 0 Å². The van der Waals surface area contributed by atoms with Crippen LogP contribution in [0.1, 0.15) is 52.0 Å². The molecule has 166 valence electrons. The molecule has 0 spiro atoms. The molecule has 0 heterocycles. The number of hydrogen-bond acceptors (Lipinski definition) is 4. The Bertz CT molecular complexity index is 588. The molecule has 7 heteroatoms. The molecular weight excluding hydrogens is 479 g/mol. The number of likely N-dealkylation sites (N-methyl/N-ethyl adjacent to an activating group) is 1. The van der Waals surface area contributed by atoms with E-state index in [1.807, 2.05) is 18.2 Å². The molecule has 1 fully saturated rings. The monoisotopic (exact) mass is 518 g/mol. The molecule has 0 radical (unpaired) electrons. The molecule has 0 saturated heterocycles. The van der Waals surface area contributed by atoms with Crippen LogP contribution < -0.4 is 15.4 Å². The number of aliphatic imine (C=N–C) groups is 1. The third kappa shape index (κ3) is 9.53. The number of nitrogens with one attached hydrogen (secondary N) is 2. The van der Waals surface area contributed by atoms with Gasteiger partial charge in [-0.3, -0.25) is 0 Å². The summed E-state index contributed by atoms with van der Waals surface area (Å²) in [6.45, 7) is 11.5. The highest BCUT2D eigenvalue weighted by Crippen LogP contribution is 2.20. The van der Waals surface area contributed by atoms with E-state index in [0.717, 1.165) is 69.1 Å². The normalized spacial score (nSPS) is 19.6. The first kappa shape index (κ1) is 26.0. The number of aliphatic hydroxyl groups is 1. The molecule has 1 aliphatic carbocycles. The summed E-state index contributed by atoms with van der Waals surface area (Å²) in [6.07, 6.45) is 3.55. The van der Waals surface area contributed by atoms with Gasteiger partial charge in [0.15, 0.2) is 5.96 Å². The van der Waals surface area contributed by atoms with Gasteiger partial charge in [0, 0.05) is 24.7 Å². The highest BCUT2D eigenvalue weighted by molar-refractivity contribution is 14.0. The molecule has 6 nitrogen and oxygen atoms in total. The summed E-state index contributed by atoms with van der Waals surface area (Å²) in [5.41, 5.74) is 1.10. The molecule has 1 saturated carbocycles. The fourth-order valence-electron chi connectivity index (χ4n) is 3.50. The molecule has 0 amide bonds. The molecule has 1 aliphatic rings. The fourth-order valence-corrected chi connectivity index (χ4v) is 3.50. The van der Waals surface area contributed by atoms with E-state index in [4.69, 9.17) is 9.73 Å². The third-order valence-corrected chi connectivity index (χ3v) is 5.32. The van der Waals surface area contributed by atoms with E-state index >= 15 is 0 Å².